The van der Waals surface area contributed by atoms with Crippen LogP contribution < -0.4 is 4.90 Å². The molecule has 11 aromatic rings. The third kappa shape index (κ3) is 5.65. The molecule has 1 nitrogen and oxygen atoms in total. The molecule has 69 heavy (non-hydrogen) atoms. The molecule has 0 saturated heterocycles. The summed E-state index contributed by atoms with van der Waals surface area (Å²) in [5.74, 6) is 0. The zero-order chi connectivity index (χ0) is 69.1. The van der Waals surface area contributed by atoms with Crippen LogP contribution in [0, 0.1) is 0 Å². The van der Waals surface area contributed by atoms with Gasteiger partial charge in [-0.25, -0.2) is 0 Å². The topological polar surface area (TPSA) is 3.24 Å². The Hall–Kier alpha value is -8.52. The van der Waals surface area contributed by atoms with E-state index < -0.39 is 230 Å². The molecule has 0 atom stereocenters. The van der Waals surface area contributed by atoms with Crippen molar-refractivity contribution in [1.29, 1.82) is 0 Å². The van der Waals surface area contributed by atoms with Crippen molar-refractivity contribution in [2.75, 3.05) is 4.90 Å². The maximum atomic E-state index is 10.3. The highest BCUT2D eigenvalue weighted by molar-refractivity contribution is 6.05. The SMILES string of the molecule is [2H]c1c(N(c2ccc(-c3ccc4ccccc4c3-c3ccc(-c4ccccc4)cc3)cc2)c2c([2H])c([2H])c([2H])c3c2-c2c([2H])c([2H])c([2H])c([2H])c2C32c3c([2H])c([2H])c([2H])c([2H])c3-c3c([2H])c([2H])c([2H])c([2H])c32)cc2c(c1[2H])-c1c([2H])c([2H])c([2H])c([2H])c1C2(C([2H])([2H])[2H])C([2H])([2H])[2H]. The summed E-state index contributed by atoms with van der Waals surface area (Å²) < 4.78 is 255. The summed E-state index contributed by atoms with van der Waals surface area (Å²) >= 11 is 0. The number of rotatable bonds is 6. The van der Waals surface area contributed by atoms with Crippen LogP contribution in [-0.2, 0) is 10.8 Å². The van der Waals surface area contributed by atoms with Crippen LogP contribution >= 0.6 is 0 Å². The van der Waals surface area contributed by atoms with Crippen molar-refractivity contribution in [1.82, 2.24) is 0 Å². The summed E-state index contributed by atoms with van der Waals surface area (Å²) in [5.41, 5.74) is -11.1. The van der Waals surface area contributed by atoms with Gasteiger partial charge in [0, 0.05) is 30.6 Å². The minimum atomic E-state index is -3.79. The lowest BCUT2D eigenvalue weighted by atomic mass is 9.70. The highest BCUT2D eigenvalue weighted by Gasteiger charge is 2.52. The molecule has 0 unspecified atom stereocenters. The van der Waals surface area contributed by atoms with Gasteiger partial charge in [-0.15, -0.1) is 0 Å². The lowest BCUT2D eigenvalue weighted by Gasteiger charge is -2.32. The van der Waals surface area contributed by atoms with Gasteiger partial charge in [-0.3, -0.25) is 0 Å². The van der Waals surface area contributed by atoms with Gasteiger partial charge >= 0.3 is 0 Å². The molecule has 3 aliphatic rings. The molecule has 0 amide bonds. The highest BCUT2D eigenvalue weighted by atomic mass is 15.1. The molecule has 3 aliphatic carbocycles. The second kappa shape index (κ2) is 15.0. The van der Waals surface area contributed by atoms with Gasteiger partial charge in [-0.05, 0) is 136 Å². The average Bonchev–Trinajstić information content (AvgIpc) is 1.48. The molecule has 324 valence electrons. The van der Waals surface area contributed by atoms with Crippen LogP contribution in [0.1, 0.15) is 84.1 Å². The van der Waals surface area contributed by atoms with Gasteiger partial charge in [0.15, 0.2) is 0 Å². The number of hydrogen-bond donors (Lipinski definition) is 0. The zero-order valence-electron chi connectivity index (χ0n) is 63.0. The van der Waals surface area contributed by atoms with Gasteiger partial charge in [0.2, 0.25) is 0 Å². The zero-order valence-corrected chi connectivity index (χ0v) is 36.0. The molecule has 11 aromatic carbocycles. The van der Waals surface area contributed by atoms with Crippen molar-refractivity contribution in [3.8, 4) is 66.8 Å². The van der Waals surface area contributed by atoms with Crippen LogP contribution in [0.15, 0.2) is 248 Å². The minimum absolute atomic E-state index is 0.165. The molecule has 0 aliphatic heterocycles. The maximum Gasteiger partial charge on any atom is 0.0726 e. The lowest BCUT2D eigenvalue weighted by Crippen LogP contribution is -2.26. The third-order valence-electron chi connectivity index (χ3n) is 13.6. The smallest absolute Gasteiger partial charge is 0.0726 e. The molecule has 0 saturated carbocycles. The van der Waals surface area contributed by atoms with Gasteiger partial charge in [0.05, 0.1) is 39.9 Å². The fourth-order valence-electron chi connectivity index (χ4n) is 10.6. The molecule has 0 heterocycles. The summed E-state index contributed by atoms with van der Waals surface area (Å²) in [6, 6.07) is 16.4. The van der Waals surface area contributed by atoms with E-state index in [4.69, 9.17) is 8.22 Å². The number of anilines is 3. The number of hydrogen-bond acceptors (Lipinski definition) is 1. The van der Waals surface area contributed by atoms with E-state index in [0.717, 1.165) is 44.0 Å². The first-order valence-corrected chi connectivity index (χ1v) is 22.0. The van der Waals surface area contributed by atoms with Crippen LogP contribution in [-0.4, -0.2) is 0 Å². The second-order valence-electron chi connectivity index (χ2n) is 17.1. The molecule has 0 radical (unpaired) electrons. The first-order valence-electron chi connectivity index (χ1n) is 35.5. The van der Waals surface area contributed by atoms with Crippen LogP contribution in [0.5, 0.6) is 0 Å². The van der Waals surface area contributed by atoms with E-state index in [9.17, 15) is 28.8 Å². The summed E-state index contributed by atoms with van der Waals surface area (Å²) in [6.07, 6.45) is 0. The van der Waals surface area contributed by atoms with E-state index in [1.807, 2.05) is 91.0 Å². The molecule has 0 bridgehead atoms. The fraction of sp³-hybridized carbons (Fsp3) is 0.0588. The Morgan fingerprint density at radius 2 is 0.913 bits per heavy atom. The van der Waals surface area contributed by atoms with E-state index in [1.54, 1.807) is 12.1 Å². The standard InChI is InChI=1S/C68H47N/c1-67(2)58-25-12-8-21-53(58)56-42-40-50(43-63(56)67)69(64-30-16-29-62-66(64)57-24-11-15-28-61(57)68(62)59-26-13-9-22-54(59)55-23-10-14-27-60(55)68)49-38-35-47(36-39-49)52-41-37-46-19-6-7-20-51(46)65(52)48-33-31-45(32-34-48)44-17-4-3-5-18-44/h3-43H,1-2H3/i1D3,2D3,8D,9D,10D,11D,12D,13D,14D,15D,16D,21D,22D,23D,24D,25D,26D,27D,28D,29D,30D,40D,42D. The van der Waals surface area contributed by atoms with E-state index in [1.165, 1.54) is 12.1 Å². The Kier molecular flexibility index (Phi) is 4.60. The minimum Gasteiger partial charge on any atom is -0.310 e. The molecule has 0 N–H and O–H groups in total. The van der Waals surface area contributed by atoms with Crippen molar-refractivity contribution >= 4 is 27.8 Å². The van der Waals surface area contributed by atoms with Gasteiger partial charge in [0.25, 0.3) is 0 Å². The summed E-state index contributed by atoms with van der Waals surface area (Å²) in [4.78, 5) is 1.02. The normalized spacial score (nSPS) is 19.8. The Labute approximate surface area is 442 Å². The molecule has 1 spiro atoms. The summed E-state index contributed by atoms with van der Waals surface area (Å²) in [6.45, 7) is -7.59. The largest absolute Gasteiger partial charge is 0.310 e. The van der Waals surface area contributed by atoms with Crippen LogP contribution in [0.2, 0.25) is 0 Å². The van der Waals surface area contributed by atoms with Crippen LogP contribution in [0.3, 0.4) is 0 Å². The van der Waals surface area contributed by atoms with Crippen molar-refractivity contribution in [2.24, 2.45) is 0 Å². The predicted octanol–water partition coefficient (Wildman–Crippen LogP) is 18.0. The van der Waals surface area contributed by atoms with Crippen LogP contribution in [0.4, 0.5) is 17.1 Å². The van der Waals surface area contributed by atoms with Crippen molar-refractivity contribution < 1.29 is 37.0 Å². The lowest BCUT2D eigenvalue weighted by molar-refractivity contribution is 0.660. The molecular weight excluding hydrogens is 831 g/mol. The Morgan fingerprint density at radius 3 is 1.62 bits per heavy atom. The van der Waals surface area contributed by atoms with Gasteiger partial charge in [-0.2, -0.15) is 0 Å². The first kappa shape index (κ1) is 21.2. The van der Waals surface area contributed by atoms with Crippen molar-refractivity contribution in [3.63, 3.8) is 0 Å². The highest BCUT2D eigenvalue weighted by Crippen LogP contribution is 2.65. The van der Waals surface area contributed by atoms with Gasteiger partial charge in [-0.1, -0.05) is 232 Å². The summed E-state index contributed by atoms with van der Waals surface area (Å²) in [7, 11) is 0. The first-order chi connectivity index (χ1) is 45.2. The van der Waals surface area contributed by atoms with Crippen LogP contribution in [0.25, 0.3) is 77.5 Å². The maximum absolute atomic E-state index is 10.3. The predicted molar refractivity (Wildman–Crippen MR) is 289 cm³/mol. The Balaban J connectivity index is 1.15. The second-order valence-corrected chi connectivity index (χ2v) is 17.1. The molecular formula is C68H47N. The Morgan fingerprint density at radius 1 is 0.362 bits per heavy atom. The number of fused-ring (bicyclic) bond motifs is 14. The van der Waals surface area contributed by atoms with Crippen molar-refractivity contribution in [3.05, 3.63) is 282 Å². The molecule has 1 heteroatoms. The van der Waals surface area contributed by atoms with Gasteiger partial charge in [0.1, 0.15) is 0 Å². The van der Waals surface area contributed by atoms with E-state index >= 15 is 0 Å². The molecule has 0 fully saturated rings. The van der Waals surface area contributed by atoms with E-state index in [0.29, 0.717) is 11.1 Å². The van der Waals surface area contributed by atoms with E-state index in [2.05, 4.69) is 0 Å². The number of benzene rings is 11. The average molecular weight is 905 g/mol. The van der Waals surface area contributed by atoms with Crippen molar-refractivity contribution in [2.45, 2.75) is 24.5 Å². The fourth-order valence-corrected chi connectivity index (χ4v) is 10.6. The Bertz CT molecular complexity index is 5250. The number of nitrogens with zero attached hydrogens (tertiary/aromatic N) is 1. The van der Waals surface area contributed by atoms with Gasteiger partial charge < -0.3 is 4.90 Å². The molecule has 14 rings (SSSR count). The van der Waals surface area contributed by atoms with E-state index in [-0.39, 0.29) is 5.69 Å². The quantitative estimate of drug-likeness (QED) is 0.161. The molecule has 0 aromatic heterocycles. The summed E-state index contributed by atoms with van der Waals surface area (Å²) in [5, 5.41) is 1.73. The third-order valence-corrected chi connectivity index (χ3v) is 13.6. The monoisotopic (exact) mass is 905 g/mol.